The van der Waals surface area contributed by atoms with Gasteiger partial charge in [0.15, 0.2) is 11.5 Å². The molecule has 1 aromatic carbocycles. The molecule has 0 spiro atoms. The van der Waals surface area contributed by atoms with Crippen molar-refractivity contribution in [2.45, 2.75) is 26.1 Å². The zero-order chi connectivity index (χ0) is 9.97. The van der Waals surface area contributed by atoms with E-state index < -0.39 is 0 Å². The Labute approximate surface area is 84.0 Å². The van der Waals surface area contributed by atoms with Gasteiger partial charge in [0.25, 0.3) is 0 Å². The molecule has 1 unspecified atom stereocenters. The second-order valence-electron chi connectivity index (χ2n) is 3.37. The quantitative estimate of drug-likeness (QED) is 0.800. The van der Waals surface area contributed by atoms with Gasteiger partial charge in [-0.2, -0.15) is 0 Å². The number of ether oxygens (including phenoxy) is 2. The molecule has 0 radical (unpaired) electrons. The summed E-state index contributed by atoms with van der Waals surface area (Å²) < 4.78 is 11.2. The van der Waals surface area contributed by atoms with Gasteiger partial charge in [-0.05, 0) is 18.6 Å². The highest BCUT2D eigenvalue weighted by atomic mass is 16.7. The summed E-state index contributed by atoms with van der Waals surface area (Å²) in [5.74, 6) is 1.69. The second kappa shape index (κ2) is 3.78. The molecule has 1 heterocycles. The Hall–Kier alpha value is -1.38. The van der Waals surface area contributed by atoms with Crippen LogP contribution in [-0.2, 0) is 0 Å². The molecule has 0 amide bonds. The molecule has 0 fully saturated rings. The van der Waals surface area contributed by atoms with E-state index >= 15 is 0 Å². The topological polar surface area (TPSA) is 30.5 Å². The van der Waals surface area contributed by atoms with Gasteiger partial charge >= 0.3 is 0 Å². The smallest absolute Gasteiger partial charge is 0.241 e. The first kappa shape index (κ1) is 9.19. The monoisotopic (exact) mass is 193 g/mol. The lowest BCUT2D eigenvalue weighted by molar-refractivity contribution is 0.0413. The van der Waals surface area contributed by atoms with Crippen molar-refractivity contribution in [1.82, 2.24) is 0 Å². The molecule has 1 aromatic rings. The van der Waals surface area contributed by atoms with Gasteiger partial charge in [-0.1, -0.05) is 6.92 Å². The average Bonchev–Trinajstić information content (AvgIpc) is 2.59. The van der Waals surface area contributed by atoms with E-state index in [4.69, 9.17) is 9.47 Å². The van der Waals surface area contributed by atoms with Gasteiger partial charge in [0.2, 0.25) is 6.29 Å². The average molecular weight is 193 g/mol. The predicted molar refractivity (Wildman–Crippen MR) is 55.9 cm³/mol. The Bertz CT molecular complexity index is 325. The SMILES string of the molecule is CCCC1Oc2ccc(NC)cc2O1. The number of rotatable bonds is 3. The fourth-order valence-corrected chi connectivity index (χ4v) is 1.51. The maximum absolute atomic E-state index is 5.63. The molecule has 0 aliphatic carbocycles. The van der Waals surface area contributed by atoms with Crippen LogP contribution in [0.25, 0.3) is 0 Å². The number of benzene rings is 1. The van der Waals surface area contributed by atoms with E-state index in [1.54, 1.807) is 0 Å². The van der Waals surface area contributed by atoms with E-state index in [2.05, 4.69) is 12.2 Å². The molecule has 0 saturated heterocycles. The zero-order valence-corrected chi connectivity index (χ0v) is 8.54. The molecule has 0 bridgehead atoms. The molecular weight excluding hydrogens is 178 g/mol. The fourth-order valence-electron chi connectivity index (χ4n) is 1.51. The van der Waals surface area contributed by atoms with Gasteiger partial charge in [0.05, 0.1) is 0 Å². The number of nitrogens with one attached hydrogen (secondary N) is 1. The maximum Gasteiger partial charge on any atom is 0.241 e. The van der Waals surface area contributed by atoms with Crippen molar-refractivity contribution in [1.29, 1.82) is 0 Å². The molecule has 1 aliphatic rings. The Morgan fingerprint density at radius 2 is 2.07 bits per heavy atom. The normalized spacial score (nSPS) is 18.3. The number of hydrogen-bond donors (Lipinski definition) is 1. The third kappa shape index (κ3) is 1.62. The zero-order valence-electron chi connectivity index (χ0n) is 8.54. The summed E-state index contributed by atoms with van der Waals surface area (Å²) in [6, 6.07) is 5.89. The van der Waals surface area contributed by atoms with E-state index in [9.17, 15) is 0 Å². The van der Waals surface area contributed by atoms with E-state index in [1.807, 2.05) is 25.2 Å². The van der Waals surface area contributed by atoms with Crippen LogP contribution >= 0.6 is 0 Å². The number of hydrogen-bond acceptors (Lipinski definition) is 3. The van der Waals surface area contributed by atoms with Crippen LogP contribution in [-0.4, -0.2) is 13.3 Å². The molecule has 0 saturated carbocycles. The highest BCUT2D eigenvalue weighted by Gasteiger charge is 2.22. The van der Waals surface area contributed by atoms with Crippen LogP contribution in [0.2, 0.25) is 0 Å². The Kier molecular flexibility index (Phi) is 2.48. The summed E-state index contributed by atoms with van der Waals surface area (Å²) >= 11 is 0. The van der Waals surface area contributed by atoms with Crippen molar-refractivity contribution < 1.29 is 9.47 Å². The first-order valence-corrected chi connectivity index (χ1v) is 4.98. The molecule has 3 heteroatoms. The van der Waals surface area contributed by atoms with Crippen LogP contribution in [0.15, 0.2) is 18.2 Å². The van der Waals surface area contributed by atoms with Gasteiger partial charge in [0.1, 0.15) is 0 Å². The van der Waals surface area contributed by atoms with E-state index in [0.717, 1.165) is 30.0 Å². The summed E-state index contributed by atoms with van der Waals surface area (Å²) in [6.45, 7) is 2.12. The molecule has 1 aliphatic heterocycles. The van der Waals surface area contributed by atoms with Crippen LogP contribution in [0.4, 0.5) is 5.69 Å². The fraction of sp³-hybridized carbons (Fsp3) is 0.455. The Morgan fingerprint density at radius 1 is 1.29 bits per heavy atom. The van der Waals surface area contributed by atoms with E-state index in [-0.39, 0.29) is 6.29 Å². The Morgan fingerprint density at radius 3 is 2.79 bits per heavy atom. The van der Waals surface area contributed by atoms with Crippen molar-refractivity contribution in [2.75, 3.05) is 12.4 Å². The van der Waals surface area contributed by atoms with Gasteiger partial charge in [-0.25, -0.2) is 0 Å². The van der Waals surface area contributed by atoms with Gasteiger partial charge in [-0.15, -0.1) is 0 Å². The van der Waals surface area contributed by atoms with Crippen molar-refractivity contribution in [3.8, 4) is 11.5 Å². The van der Waals surface area contributed by atoms with Crippen molar-refractivity contribution >= 4 is 5.69 Å². The van der Waals surface area contributed by atoms with Crippen molar-refractivity contribution in [3.05, 3.63) is 18.2 Å². The summed E-state index contributed by atoms with van der Waals surface area (Å²) in [5.41, 5.74) is 1.05. The molecular formula is C11H15NO2. The molecule has 3 nitrogen and oxygen atoms in total. The second-order valence-corrected chi connectivity index (χ2v) is 3.37. The van der Waals surface area contributed by atoms with Crippen LogP contribution in [0, 0.1) is 0 Å². The van der Waals surface area contributed by atoms with Crippen LogP contribution < -0.4 is 14.8 Å². The molecule has 14 heavy (non-hydrogen) atoms. The Balaban J connectivity index is 2.14. The van der Waals surface area contributed by atoms with Crippen LogP contribution in [0.1, 0.15) is 19.8 Å². The number of fused-ring (bicyclic) bond motifs is 1. The van der Waals surface area contributed by atoms with E-state index in [1.165, 1.54) is 0 Å². The first-order valence-electron chi connectivity index (χ1n) is 4.98. The lowest BCUT2D eigenvalue weighted by atomic mass is 10.3. The molecule has 0 aromatic heterocycles. The van der Waals surface area contributed by atoms with Crippen LogP contribution in [0.5, 0.6) is 11.5 Å². The minimum absolute atomic E-state index is 0.0953. The van der Waals surface area contributed by atoms with Gasteiger partial charge in [0, 0.05) is 25.2 Å². The molecule has 76 valence electrons. The lowest BCUT2D eigenvalue weighted by Crippen LogP contribution is -2.16. The van der Waals surface area contributed by atoms with Crippen molar-refractivity contribution in [3.63, 3.8) is 0 Å². The first-order chi connectivity index (χ1) is 6.83. The lowest BCUT2D eigenvalue weighted by Gasteiger charge is -2.07. The third-order valence-corrected chi connectivity index (χ3v) is 2.27. The standard InChI is InChI=1S/C11H15NO2/c1-3-4-11-13-9-6-5-8(12-2)7-10(9)14-11/h5-7,11-12H,3-4H2,1-2H3. The predicted octanol–water partition coefficient (Wildman–Crippen LogP) is 2.63. The summed E-state index contributed by atoms with van der Waals surface area (Å²) in [6.07, 6.45) is 1.91. The largest absolute Gasteiger partial charge is 0.451 e. The highest BCUT2D eigenvalue weighted by molar-refractivity contribution is 5.55. The van der Waals surface area contributed by atoms with E-state index in [0.29, 0.717) is 0 Å². The van der Waals surface area contributed by atoms with Crippen LogP contribution in [0.3, 0.4) is 0 Å². The number of anilines is 1. The minimum atomic E-state index is -0.0953. The molecule has 1 N–H and O–H groups in total. The minimum Gasteiger partial charge on any atom is -0.451 e. The molecule has 2 rings (SSSR count). The van der Waals surface area contributed by atoms with Crippen molar-refractivity contribution in [2.24, 2.45) is 0 Å². The summed E-state index contributed by atoms with van der Waals surface area (Å²) in [7, 11) is 1.89. The highest BCUT2D eigenvalue weighted by Crippen LogP contribution is 2.37. The van der Waals surface area contributed by atoms with Gasteiger partial charge in [-0.3, -0.25) is 0 Å². The summed E-state index contributed by atoms with van der Waals surface area (Å²) in [5, 5.41) is 3.07. The molecule has 1 atom stereocenters. The summed E-state index contributed by atoms with van der Waals surface area (Å²) in [4.78, 5) is 0. The third-order valence-electron chi connectivity index (χ3n) is 2.27. The maximum atomic E-state index is 5.63. The van der Waals surface area contributed by atoms with Gasteiger partial charge < -0.3 is 14.8 Å².